The number of ether oxygens (including phenoxy) is 1. The van der Waals surface area contributed by atoms with Gasteiger partial charge in [0, 0.05) is 24.2 Å². The van der Waals surface area contributed by atoms with Gasteiger partial charge in [-0.2, -0.15) is 0 Å². The zero-order valence-corrected chi connectivity index (χ0v) is 13.4. The summed E-state index contributed by atoms with van der Waals surface area (Å²) in [6.45, 7) is 1.91. The van der Waals surface area contributed by atoms with E-state index in [4.69, 9.17) is 4.74 Å². The molecule has 0 aliphatic rings. The SMILES string of the molecule is COC(O)c1nc(-c2cc(C)cc(Br)c2)n(C)c(=O)c1O. The van der Waals surface area contributed by atoms with E-state index < -0.39 is 17.6 Å². The average Bonchev–Trinajstić information content (AvgIpc) is 2.43. The second kappa shape index (κ2) is 5.97. The molecule has 6 nitrogen and oxygen atoms in total. The predicted octanol–water partition coefficient (Wildman–Crippen LogP) is 1.86. The van der Waals surface area contributed by atoms with Crippen LogP contribution in [0.1, 0.15) is 17.5 Å². The van der Waals surface area contributed by atoms with Crippen molar-refractivity contribution in [2.45, 2.75) is 13.2 Å². The molecule has 1 atom stereocenters. The number of methoxy groups -OCH3 is 1. The van der Waals surface area contributed by atoms with Gasteiger partial charge in [-0.05, 0) is 30.7 Å². The molecule has 0 amide bonds. The Kier molecular flexibility index (Phi) is 4.46. The highest BCUT2D eigenvalue weighted by molar-refractivity contribution is 9.10. The summed E-state index contributed by atoms with van der Waals surface area (Å²) in [6, 6.07) is 5.58. The molecule has 0 saturated heterocycles. The average molecular weight is 355 g/mol. The second-order valence-electron chi connectivity index (χ2n) is 4.64. The molecule has 7 heteroatoms. The van der Waals surface area contributed by atoms with Gasteiger partial charge in [-0.25, -0.2) is 4.98 Å². The Morgan fingerprint density at radius 2 is 2.05 bits per heavy atom. The van der Waals surface area contributed by atoms with Crippen molar-refractivity contribution in [3.63, 3.8) is 0 Å². The van der Waals surface area contributed by atoms with Crippen molar-refractivity contribution in [1.82, 2.24) is 9.55 Å². The molecule has 1 aromatic carbocycles. The van der Waals surface area contributed by atoms with Gasteiger partial charge in [0.05, 0.1) is 0 Å². The number of aliphatic hydroxyl groups is 1. The van der Waals surface area contributed by atoms with Crippen LogP contribution in [0, 0.1) is 6.92 Å². The minimum Gasteiger partial charge on any atom is -0.502 e. The molecule has 2 N–H and O–H groups in total. The lowest BCUT2D eigenvalue weighted by Crippen LogP contribution is -2.23. The summed E-state index contributed by atoms with van der Waals surface area (Å²) in [5.41, 5.74) is 0.818. The highest BCUT2D eigenvalue weighted by Crippen LogP contribution is 2.26. The van der Waals surface area contributed by atoms with Crippen LogP contribution in [-0.2, 0) is 11.8 Å². The third kappa shape index (κ3) is 2.99. The minimum atomic E-state index is -1.47. The standard InChI is InChI=1S/C14H15BrN2O4/c1-7-4-8(6-9(15)5-7)12-16-10(14(20)21-3)11(18)13(19)17(12)2/h4-6,14,18,20H,1-3H3. The summed E-state index contributed by atoms with van der Waals surface area (Å²) in [7, 11) is 2.76. The molecule has 2 rings (SSSR count). The monoisotopic (exact) mass is 354 g/mol. The summed E-state index contributed by atoms with van der Waals surface area (Å²) in [6.07, 6.45) is -1.47. The summed E-state index contributed by atoms with van der Waals surface area (Å²) in [4.78, 5) is 16.2. The van der Waals surface area contributed by atoms with E-state index in [1.165, 1.54) is 18.7 Å². The van der Waals surface area contributed by atoms with Gasteiger partial charge in [-0.15, -0.1) is 0 Å². The van der Waals surface area contributed by atoms with Crippen molar-refractivity contribution >= 4 is 15.9 Å². The van der Waals surface area contributed by atoms with Gasteiger partial charge in [0.2, 0.25) is 12.0 Å². The van der Waals surface area contributed by atoms with E-state index in [1.54, 1.807) is 6.07 Å². The topological polar surface area (TPSA) is 84.6 Å². The van der Waals surface area contributed by atoms with Crippen molar-refractivity contribution in [3.8, 4) is 17.1 Å². The normalized spacial score (nSPS) is 12.4. The highest BCUT2D eigenvalue weighted by atomic mass is 79.9. The van der Waals surface area contributed by atoms with Crippen LogP contribution < -0.4 is 5.56 Å². The maximum absolute atomic E-state index is 12.1. The Labute approximate surface area is 129 Å². The number of hydrogen-bond acceptors (Lipinski definition) is 5. The molecule has 21 heavy (non-hydrogen) atoms. The first-order valence-electron chi connectivity index (χ1n) is 6.13. The maximum atomic E-state index is 12.1. The first-order valence-corrected chi connectivity index (χ1v) is 6.92. The summed E-state index contributed by atoms with van der Waals surface area (Å²) >= 11 is 3.39. The van der Waals surface area contributed by atoms with E-state index in [0.29, 0.717) is 11.4 Å². The molecular formula is C14H15BrN2O4. The van der Waals surface area contributed by atoms with Crippen molar-refractivity contribution in [2.75, 3.05) is 7.11 Å². The molecule has 0 fully saturated rings. The van der Waals surface area contributed by atoms with Crippen molar-refractivity contribution in [3.05, 3.63) is 44.3 Å². The number of aromatic hydroxyl groups is 1. The number of halogens is 1. The predicted molar refractivity (Wildman–Crippen MR) is 81.0 cm³/mol. The Morgan fingerprint density at radius 1 is 1.38 bits per heavy atom. The quantitative estimate of drug-likeness (QED) is 0.821. The van der Waals surface area contributed by atoms with Crippen LogP contribution in [0.25, 0.3) is 11.4 Å². The number of hydrogen-bond donors (Lipinski definition) is 2. The number of aliphatic hydroxyl groups excluding tert-OH is 1. The lowest BCUT2D eigenvalue weighted by Gasteiger charge is -2.14. The van der Waals surface area contributed by atoms with E-state index in [-0.39, 0.29) is 5.69 Å². The molecular weight excluding hydrogens is 340 g/mol. The van der Waals surface area contributed by atoms with Gasteiger partial charge in [0.25, 0.3) is 5.56 Å². The Bertz CT molecular complexity index is 722. The van der Waals surface area contributed by atoms with Crippen LogP contribution >= 0.6 is 15.9 Å². The first-order chi connectivity index (χ1) is 9.85. The van der Waals surface area contributed by atoms with E-state index in [2.05, 4.69) is 20.9 Å². The van der Waals surface area contributed by atoms with Crippen LogP contribution in [0.5, 0.6) is 5.75 Å². The van der Waals surface area contributed by atoms with E-state index in [9.17, 15) is 15.0 Å². The summed E-state index contributed by atoms with van der Waals surface area (Å²) in [5, 5.41) is 19.5. The Morgan fingerprint density at radius 3 is 2.62 bits per heavy atom. The van der Waals surface area contributed by atoms with E-state index in [0.717, 1.165) is 10.0 Å². The highest BCUT2D eigenvalue weighted by Gasteiger charge is 2.21. The molecule has 1 heterocycles. The molecule has 0 aliphatic carbocycles. The van der Waals surface area contributed by atoms with Crippen molar-refractivity contribution < 1.29 is 14.9 Å². The lowest BCUT2D eigenvalue weighted by molar-refractivity contribution is -0.0812. The Hall–Kier alpha value is -1.70. The maximum Gasteiger partial charge on any atom is 0.296 e. The zero-order chi connectivity index (χ0) is 15.7. The number of aryl methyl sites for hydroxylation is 1. The second-order valence-corrected chi connectivity index (χ2v) is 5.55. The molecule has 1 unspecified atom stereocenters. The van der Waals surface area contributed by atoms with E-state index >= 15 is 0 Å². The van der Waals surface area contributed by atoms with Crippen LogP contribution in [0.2, 0.25) is 0 Å². The zero-order valence-electron chi connectivity index (χ0n) is 11.8. The largest absolute Gasteiger partial charge is 0.502 e. The fourth-order valence-corrected chi connectivity index (χ4v) is 2.62. The number of rotatable bonds is 3. The number of benzene rings is 1. The van der Waals surface area contributed by atoms with Gasteiger partial charge in [0.15, 0.2) is 0 Å². The molecule has 0 spiro atoms. The number of nitrogens with zero attached hydrogens (tertiary/aromatic N) is 2. The fourth-order valence-electron chi connectivity index (χ4n) is 2.01. The van der Waals surface area contributed by atoms with Crippen molar-refractivity contribution in [1.29, 1.82) is 0 Å². The summed E-state index contributed by atoms with van der Waals surface area (Å²) < 4.78 is 6.79. The molecule has 0 saturated carbocycles. The van der Waals surface area contributed by atoms with Crippen molar-refractivity contribution in [2.24, 2.45) is 7.05 Å². The molecule has 0 aliphatic heterocycles. The van der Waals surface area contributed by atoms with Crippen LogP contribution in [0.15, 0.2) is 27.5 Å². The molecule has 112 valence electrons. The molecule has 2 aromatic rings. The molecule has 0 bridgehead atoms. The minimum absolute atomic E-state index is 0.201. The van der Waals surface area contributed by atoms with Crippen LogP contribution in [0.4, 0.5) is 0 Å². The third-order valence-corrected chi connectivity index (χ3v) is 3.51. The fraction of sp³-hybridized carbons (Fsp3) is 0.286. The van der Waals surface area contributed by atoms with E-state index in [1.807, 2.05) is 19.1 Å². The third-order valence-electron chi connectivity index (χ3n) is 3.05. The summed E-state index contributed by atoms with van der Waals surface area (Å²) in [5.74, 6) is -0.296. The van der Waals surface area contributed by atoms with Crippen LogP contribution in [0.3, 0.4) is 0 Å². The van der Waals surface area contributed by atoms with Gasteiger partial charge >= 0.3 is 0 Å². The molecule has 1 aromatic heterocycles. The molecule has 0 radical (unpaired) electrons. The Balaban J connectivity index is 2.74. The first kappa shape index (κ1) is 15.7. The van der Waals surface area contributed by atoms with Gasteiger partial charge < -0.3 is 14.9 Å². The van der Waals surface area contributed by atoms with Gasteiger partial charge in [-0.3, -0.25) is 9.36 Å². The van der Waals surface area contributed by atoms with Gasteiger partial charge in [0.1, 0.15) is 11.5 Å². The van der Waals surface area contributed by atoms with Crippen LogP contribution in [-0.4, -0.2) is 26.9 Å². The lowest BCUT2D eigenvalue weighted by atomic mass is 10.1. The number of aromatic nitrogens is 2. The smallest absolute Gasteiger partial charge is 0.296 e. The van der Waals surface area contributed by atoms with Gasteiger partial charge in [-0.1, -0.05) is 15.9 Å².